The average Bonchev–Trinajstić information content (AvgIpc) is 2.13. The molecule has 9 heavy (non-hydrogen) atoms. The van der Waals surface area contributed by atoms with Gasteiger partial charge in [0.15, 0.2) is 0 Å². The van der Waals surface area contributed by atoms with Crippen LogP contribution in [0.2, 0.25) is 0 Å². The first-order chi connectivity index (χ1) is 4.43. The van der Waals surface area contributed by atoms with Crippen molar-refractivity contribution in [3.05, 3.63) is 23.9 Å². The summed E-state index contributed by atoms with van der Waals surface area (Å²) in [6, 6.07) is 0. The first-order valence-corrected chi connectivity index (χ1v) is 3.49. The molecular formula is C8H13N. The second-order valence-corrected chi connectivity index (χ2v) is 2.23. The fourth-order valence-electron chi connectivity index (χ4n) is 0.937. The van der Waals surface area contributed by atoms with Crippen molar-refractivity contribution < 1.29 is 0 Å². The molecule has 0 radical (unpaired) electrons. The van der Waals surface area contributed by atoms with Gasteiger partial charge >= 0.3 is 0 Å². The van der Waals surface area contributed by atoms with Gasteiger partial charge in [0.05, 0.1) is 0 Å². The highest BCUT2D eigenvalue weighted by Gasteiger charge is 1.92. The summed E-state index contributed by atoms with van der Waals surface area (Å²) in [7, 11) is 0. The Hall–Kier alpha value is -0.720. The maximum atomic E-state index is 3.15. The first-order valence-electron chi connectivity index (χ1n) is 3.49. The van der Waals surface area contributed by atoms with E-state index < -0.39 is 0 Å². The fraction of sp³-hybridized carbons (Fsp3) is 0.500. The zero-order valence-corrected chi connectivity index (χ0v) is 5.85. The third-order valence-electron chi connectivity index (χ3n) is 1.58. The molecule has 1 aliphatic heterocycles. The molecule has 0 bridgehead atoms. The van der Waals surface area contributed by atoms with E-state index in [2.05, 4.69) is 24.4 Å². The Morgan fingerprint density at radius 3 is 3.33 bits per heavy atom. The highest BCUT2D eigenvalue weighted by atomic mass is 14.8. The Bertz CT molecular complexity index is 134. The Labute approximate surface area is 56.5 Å². The lowest BCUT2D eigenvalue weighted by Crippen LogP contribution is -2.01. The number of hydrogen-bond donors (Lipinski definition) is 1. The molecule has 0 spiro atoms. The van der Waals surface area contributed by atoms with Gasteiger partial charge in [0, 0.05) is 6.54 Å². The molecule has 0 aromatic carbocycles. The average molecular weight is 123 g/mol. The van der Waals surface area contributed by atoms with E-state index in [1.54, 1.807) is 0 Å². The molecular weight excluding hydrogens is 110 g/mol. The Balaban J connectivity index is 2.48. The predicted molar refractivity (Wildman–Crippen MR) is 40.1 cm³/mol. The molecule has 0 aromatic rings. The topological polar surface area (TPSA) is 12.0 Å². The third-order valence-corrected chi connectivity index (χ3v) is 1.58. The number of hydrogen-bond acceptors (Lipinski definition) is 1. The number of nitrogens with one attached hydrogen (secondary N) is 1. The summed E-state index contributed by atoms with van der Waals surface area (Å²) < 4.78 is 0. The van der Waals surface area contributed by atoms with Crippen LogP contribution in [-0.4, -0.2) is 6.54 Å². The highest BCUT2D eigenvalue weighted by molar-refractivity contribution is 5.10. The van der Waals surface area contributed by atoms with Crippen molar-refractivity contribution in [1.29, 1.82) is 0 Å². The van der Waals surface area contributed by atoms with Crippen molar-refractivity contribution in [2.24, 2.45) is 0 Å². The van der Waals surface area contributed by atoms with Crippen LogP contribution in [0.4, 0.5) is 0 Å². The zero-order chi connectivity index (χ0) is 6.53. The monoisotopic (exact) mass is 123 g/mol. The largest absolute Gasteiger partial charge is 0.388 e. The lowest BCUT2D eigenvalue weighted by atomic mass is 10.1. The van der Waals surface area contributed by atoms with Gasteiger partial charge in [0.2, 0.25) is 0 Å². The standard InChI is InChI=1S/C8H13N/c1-2-8-4-3-6-9-7-5-8/h3,5-6,9H,2,4,7H2,1H3. The summed E-state index contributed by atoms with van der Waals surface area (Å²) in [5.41, 5.74) is 1.54. The molecule has 50 valence electrons. The molecule has 1 rings (SSSR count). The van der Waals surface area contributed by atoms with Crippen LogP contribution < -0.4 is 5.32 Å². The van der Waals surface area contributed by atoms with E-state index >= 15 is 0 Å². The van der Waals surface area contributed by atoms with Crippen LogP contribution in [-0.2, 0) is 0 Å². The van der Waals surface area contributed by atoms with Crippen LogP contribution >= 0.6 is 0 Å². The van der Waals surface area contributed by atoms with Crippen LogP contribution in [0.15, 0.2) is 23.9 Å². The molecule has 1 aliphatic rings. The van der Waals surface area contributed by atoms with Gasteiger partial charge in [-0.1, -0.05) is 24.6 Å². The van der Waals surface area contributed by atoms with E-state index in [-0.39, 0.29) is 0 Å². The Morgan fingerprint density at radius 2 is 2.56 bits per heavy atom. The molecule has 0 amide bonds. The minimum Gasteiger partial charge on any atom is -0.388 e. The second kappa shape index (κ2) is 3.33. The number of rotatable bonds is 1. The molecule has 0 saturated heterocycles. The van der Waals surface area contributed by atoms with E-state index in [1.165, 1.54) is 12.0 Å². The molecule has 0 fully saturated rings. The number of allylic oxidation sites excluding steroid dienone is 2. The summed E-state index contributed by atoms with van der Waals surface area (Å²) in [6.45, 7) is 3.20. The molecule has 0 unspecified atom stereocenters. The Morgan fingerprint density at radius 1 is 1.67 bits per heavy atom. The van der Waals surface area contributed by atoms with Crippen LogP contribution in [0, 0.1) is 0 Å². The summed E-state index contributed by atoms with van der Waals surface area (Å²) in [5.74, 6) is 0. The smallest absolute Gasteiger partial charge is 0.0327 e. The van der Waals surface area contributed by atoms with Gasteiger partial charge in [0.1, 0.15) is 0 Å². The van der Waals surface area contributed by atoms with Crippen molar-refractivity contribution in [2.75, 3.05) is 6.54 Å². The molecule has 1 heterocycles. The van der Waals surface area contributed by atoms with Crippen molar-refractivity contribution in [3.63, 3.8) is 0 Å². The van der Waals surface area contributed by atoms with Gasteiger partial charge in [-0.3, -0.25) is 0 Å². The molecule has 0 atom stereocenters. The van der Waals surface area contributed by atoms with Crippen molar-refractivity contribution >= 4 is 0 Å². The van der Waals surface area contributed by atoms with Crippen LogP contribution in [0.1, 0.15) is 19.8 Å². The lowest BCUT2D eigenvalue weighted by molar-refractivity contribution is 0.975. The maximum Gasteiger partial charge on any atom is 0.0327 e. The van der Waals surface area contributed by atoms with Crippen LogP contribution in [0.5, 0.6) is 0 Å². The van der Waals surface area contributed by atoms with Crippen LogP contribution in [0.3, 0.4) is 0 Å². The van der Waals surface area contributed by atoms with E-state index in [1.807, 2.05) is 6.20 Å². The van der Waals surface area contributed by atoms with Gasteiger partial charge in [0.25, 0.3) is 0 Å². The SMILES string of the molecule is CCC1=CCNC=CC1. The van der Waals surface area contributed by atoms with E-state index in [9.17, 15) is 0 Å². The minimum atomic E-state index is 1.000. The molecule has 1 heteroatoms. The van der Waals surface area contributed by atoms with Crippen LogP contribution in [0.25, 0.3) is 0 Å². The summed E-state index contributed by atoms with van der Waals surface area (Å²) >= 11 is 0. The van der Waals surface area contributed by atoms with Gasteiger partial charge in [-0.15, -0.1) is 0 Å². The van der Waals surface area contributed by atoms with Gasteiger partial charge < -0.3 is 5.32 Å². The molecule has 0 saturated carbocycles. The molecule has 1 N–H and O–H groups in total. The van der Waals surface area contributed by atoms with Crippen molar-refractivity contribution in [2.45, 2.75) is 19.8 Å². The van der Waals surface area contributed by atoms with E-state index in [0.29, 0.717) is 0 Å². The lowest BCUT2D eigenvalue weighted by Gasteiger charge is -1.95. The summed E-state index contributed by atoms with van der Waals surface area (Å²) in [6.07, 6.45) is 8.77. The maximum absolute atomic E-state index is 3.15. The van der Waals surface area contributed by atoms with Gasteiger partial charge in [-0.25, -0.2) is 0 Å². The van der Waals surface area contributed by atoms with Gasteiger partial charge in [-0.2, -0.15) is 0 Å². The zero-order valence-electron chi connectivity index (χ0n) is 5.85. The summed E-state index contributed by atoms with van der Waals surface area (Å²) in [5, 5.41) is 3.15. The van der Waals surface area contributed by atoms with Crippen molar-refractivity contribution in [3.8, 4) is 0 Å². The van der Waals surface area contributed by atoms with E-state index in [0.717, 1.165) is 13.0 Å². The summed E-state index contributed by atoms with van der Waals surface area (Å²) in [4.78, 5) is 0. The minimum absolute atomic E-state index is 1.000. The van der Waals surface area contributed by atoms with Crippen molar-refractivity contribution in [1.82, 2.24) is 5.32 Å². The quantitative estimate of drug-likeness (QED) is 0.524. The highest BCUT2D eigenvalue weighted by Crippen LogP contribution is 2.07. The third kappa shape index (κ3) is 1.92. The second-order valence-electron chi connectivity index (χ2n) is 2.23. The molecule has 0 aromatic heterocycles. The first kappa shape index (κ1) is 6.40. The normalized spacial score (nSPS) is 18.1. The molecule has 0 aliphatic carbocycles. The molecule has 1 nitrogen and oxygen atoms in total. The van der Waals surface area contributed by atoms with E-state index in [4.69, 9.17) is 0 Å². The predicted octanol–water partition coefficient (Wildman–Crippen LogP) is 1.83. The fourth-order valence-corrected chi connectivity index (χ4v) is 0.937. The Kier molecular flexibility index (Phi) is 2.37. The van der Waals surface area contributed by atoms with Gasteiger partial charge in [-0.05, 0) is 19.0 Å².